The maximum Gasteiger partial charge on any atom is 0.205 e. The molecule has 0 unspecified atom stereocenters. The van der Waals surface area contributed by atoms with Crippen molar-refractivity contribution in [2.24, 2.45) is 0 Å². The van der Waals surface area contributed by atoms with Gasteiger partial charge in [-0.05, 0) is 24.6 Å². The highest BCUT2D eigenvalue weighted by molar-refractivity contribution is 6.08. The lowest BCUT2D eigenvalue weighted by Gasteiger charge is -2.33. The minimum absolute atomic E-state index is 0.0134. The number of Topliss-reactive ketones (excluding diaryl/α,β-unsaturated/α-hetero) is 1. The molecule has 0 aromatic heterocycles. The van der Waals surface area contributed by atoms with Crippen LogP contribution >= 0.6 is 0 Å². The number of carbonyl (C=O) groups excluding carboxylic acids is 1. The monoisotopic (exact) mass is 344 g/mol. The summed E-state index contributed by atoms with van der Waals surface area (Å²) in [5.74, 6) is 0.529. The van der Waals surface area contributed by atoms with Crippen molar-refractivity contribution in [1.29, 1.82) is 0 Å². The normalized spacial score (nSPS) is 19.1. The molecule has 3 rings (SSSR count). The number of phenols is 1. The Morgan fingerprint density at radius 3 is 2.48 bits per heavy atom. The zero-order valence-electron chi connectivity index (χ0n) is 14.3. The molecule has 132 valence electrons. The first-order chi connectivity index (χ1) is 11.9. The first-order valence-corrected chi connectivity index (χ1v) is 7.83. The first-order valence-electron chi connectivity index (χ1n) is 7.83. The van der Waals surface area contributed by atoms with Gasteiger partial charge in [-0.3, -0.25) is 4.79 Å². The van der Waals surface area contributed by atoms with E-state index < -0.39 is 11.4 Å². The van der Waals surface area contributed by atoms with Crippen LogP contribution in [0, 0.1) is 6.92 Å². The van der Waals surface area contributed by atoms with Crippen LogP contribution in [0.1, 0.15) is 21.5 Å². The van der Waals surface area contributed by atoms with E-state index >= 15 is 0 Å². The molecule has 0 bridgehead atoms. The van der Waals surface area contributed by atoms with E-state index in [1.54, 1.807) is 38.3 Å². The molecule has 0 aliphatic carbocycles. The van der Waals surface area contributed by atoms with Crippen molar-refractivity contribution in [1.82, 2.24) is 0 Å². The SMILES string of the molecule is COc1ccc(C[C@@]2(O)COc3c(C)c(OC)cc(O)c3C2=O)cc1. The van der Waals surface area contributed by atoms with Gasteiger partial charge < -0.3 is 24.4 Å². The summed E-state index contributed by atoms with van der Waals surface area (Å²) in [6.07, 6.45) is 0.0692. The highest BCUT2D eigenvalue weighted by Gasteiger charge is 2.45. The van der Waals surface area contributed by atoms with Gasteiger partial charge in [0.05, 0.1) is 14.2 Å². The van der Waals surface area contributed by atoms with E-state index in [-0.39, 0.29) is 30.1 Å². The van der Waals surface area contributed by atoms with Gasteiger partial charge in [-0.2, -0.15) is 0 Å². The van der Waals surface area contributed by atoms with Crippen molar-refractivity contribution in [3.63, 3.8) is 0 Å². The molecule has 0 saturated carbocycles. The van der Waals surface area contributed by atoms with Gasteiger partial charge in [0.25, 0.3) is 0 Å². The Hall–Kier alpha value is -2.73. The first kappa shape index (κ1) is 17.1. The van der Waals surface area contributed by atoms with Gasteiger partial charge in [-0.15, -0.1) is 0 Å². The van der Waals surface area contributed by atoms with Crippen LogP contribution in [-0.2, 0) is 6.42 Å². The lowest BCUT2D eigenvalue weighted by atomic mass is 9.84. The number of hydrogen-bond acceptors (Lipinski definition) is 6. The molecular formula is C19H20O6. The Balaban J connectivity index is 1.96. The summed E-state index contributed by atoms with van der Waals surface area (Å²) >= 11 is 0. The number of benzene rings is 2. The fourth-order valence-electron chi connectivity index (χ4n) is 3.03. The average molecular weight is 344 g/mol. The average Bonchev–Trinajstić information content (AvgIpc) is 2.61. The Bertz CT molecular complexity index is 812. The molecule has 1 atom stereocenters. The van der Waals surface area contributed by atoms with Crippen LogP contribution in [0.15, 0.2) is 30.3 Å². The summed E-state index contributed by atoms with van der Waals surface area (Å²) in [7, 11) is 3.04. The molecule has 0 radical (unpaired) electrons. The predicted molar refractivity (Wildman–Crippen MR) is 90.9 cm³/mol. The predicted octanol–water partition coefficient (Wildman–Crippen LogP) is 2.27. The van der Waals surface area contributed by atoms with Crippen LogP contribution in [-0.4, -0.2) is 42.4 Å². The van der Waals surface area contributed by atoms with E-state index in [1.807, 2.05) is 0 Å². The van der Waals surface area contributed by atoms with Gasteiger partial charge in [0.15, 0.2) is 5.60 Å². The van der Waals surface area contributed by atoms with Crippen LogP contribution in [0.2, 0.25) is 0 Å². The van der Waals surface area contributed by atoms with E-state index in [0.717, 1.165) is 5.56 Å². The van der Waals surface area contributed by atoms with E-state index in [2.05, 4.69) is 0 Å². The van der Waals surface area contributed by atoms with Crippen molar-refractivity contribution in [2.75, 3.05) is 20.8 Å². The van der Waals surface area contributed by atoms with Crippen LogP contribution in [0.5, 0.6) is 23.0 Å². The number of aliphatic hydroxyl groups is 1. The molecule has 2 aromatic carbocycles. The Kier molecular flexibility index (Phi) is 4.30. The maximum atomic E-state index is 12.9. The minimum Gasteiger partial charge on any atom is -0.507 e. The number of ether oxygens (including phenoxy) is 3. The molecule has 2 aromatic rings. The van der Waals surface area contributed by atoms with Gasteiger partial charge >= 0.3 is 0 Å². The Morgan fingerprint density at radius 2 is 1.88 bits per heavy atom. The molecular weight excluding hydrogens is 324 g/mol. The molecule has 1 aliphatic heterocycles. The van der Waals surface area contributed by atoms with Gasteiger partial charge in [-0.1, -0.05) is 12.1 Å². The van der Waals surface area contributed by atoms with Crippen LogP contribution in [0.3, 0.4) is 0 Å². The number of ketones is 1. The molecule has 0 spiro atoms. The molecule has 2 N–H and O–H groups in total. The van der Waals surface area contributed by atoms with Gasteiger partial charge in [-0.25, -0.2) is 0 Å². The van der Waals surface area contributed by atoms with E-state index in [1.165, 1.54) is 13.2 Å². The van der Waals surface area contributed by atoms with Gasteiger partial charge in [0.2, 0.25) is 5.78 Å². The lowest BCUT2D eigenvalue weighted by molar-refractivity contribution is -0.00261. The molecule has 0 saturated heterocycles. The molecule has 1 aliphatic rings. The molecule has 6 nitrogen and oxygen atoms in total. The molecule has 1 heterocycles. The second-order valence-electron chi connectivity index (χ2n) is 6.10. The number of phenolic OH excluding ortho intramolecular Hbond substituents is 1. The van der Waals surface area contributed by atoms with Gasteiger partial charge in [0, 0.05) is 18.1 Å². The highest BCUT2D eigenvalue weighted by atomic mass is 16.5. The van der Waals surface area contributed by atoms with Crippen molar-refractivity contribution in [2.45, 2.75) is 18.9 Å². The van der Waals surface area contributed by atoms with Crippen molar-refractivity contribution < 1.29 is 29.2 Å². The third-order valence-corrected chi connectivity index (χ3v) is 4.44. The van der Waals surface area contributed by atoms with Crippen LogP contribution in [0.25, 0.3) is 0 Å². The largest absolute Gasteiger partial charge is 0.507 e. The van der Waals surface area contributed by atoms with Crippen molar-refractivity contribution in [3.05, 3.63) is 47.0 Å². The van der Waals surface area contributed by atoms with Crippen LogP contribution in [0.4, 0.5) is 0 Å². The Labute approximate surface area is 145 Å². The summed E-state index contributed by atoms with van der Waals surface area (Å²) < 4.78 is 15.9. The number of hydrogen-bond donors (Lipinski definition) is 2. The fourth-order valence-corrected chi connectivity index (χ4v) is 3.03. The van der Waals surface area contributed by atoms with E-state index in [4.69, 9.17) is 14.2 Å². The van der Waals surface area contributed by atoms with E-state index in [9.17, 15) is 15.0 Å². The molecule has 0 amide bonds. The maximum absolute atomic E-state index is 12.9. The third kappa shape index (κ3) is 2.89. The standard InChI is InChI=1S/C19H20O6/c1-11-15(24-3)8-14(20)16-17(11)25-10-19(22,18(16)21)9-12-4-6-13(23-2)7-5-12/h4-8,20,22H,9-10H2,1-3H3/t19-/m1/s1. The van der Waals surface area contributed by atoms with Crippen molar-refractivity contribution in [3.8, 4) is 23.0 Å². The van der Waals surface area contributed by atoms with Crippen molar-refractivity contribution >= 4 is 5.78 Å². The summed E-state index contributed by atoms with van der Waals surface area (Å²) in [6.45, 7) is 1.54. The Morgan fingerprint density at radius 1 is 1.20 bits per heavy atom. The summed E-state index contributed by atoms with van der Waals surface area (Å²) in [5.41, 5.74) is -0.399. The van der Waals surface area contributed by atoms with Gasteiger partial charge in [0.1, 0.15) is 35.2 Å². The molecule has 25 heavy (non-hydrogen) atoms. The quantitative estimate of drug-likeness (QED) is 0.885. The summed E-state index contributed by atoms with van der Waals surface area (Å²) in [6, 6.07) is 8.42. The minimum atomic E-state index is -1.75. The number of fused-ring (bicyclic) bond motifs is 1. The molecule has 0 fully saturated rings. The zero-order valence-corrected chi connectivity index (χ0v) is 14.3. The fraction of sp³-hybridized carbons (Fsp3) is 0.316. The van der Waals surface area contributed by atoms with E-state index in [0.29, 0.717) is 17.1 Å². The number of rotatable bonds is 4. The number of aromatic hydroxyl groups is 1. The molecule has 6 heteroatoms. The zero-order chi connectivity index (χ0) is 18.2. The number of carbonyl (C=O) groups is 1. The number of methoxy groups -OCH3 is 2. The second kappa shape index (κ2) is 6.29. The summed E-state index contributed by atoms with van der Waals surface area (Å²) in [4.78, 5) is 12.9. The highest BCUT2D eigenvalue weighted by Crippen LogP contribution is 2.43. The summed E-state index contributed by atoms with van der Waals surface area (Å²) in [5, 5.41) is 21.1. The lowest BCUT2D eigenvalue weighted by Crippen LogP contribution is -2.49. The van der Waals surface area contributed by atoms with Crippen LogP contribution < -0.4 is 14.2 Å². The smallest absolute Gasteiger partial charge is 0.205 e. The third-order valence-electron chi connectivity index (χ3n) is 4.44. The second-order valence-corrected chi connectivity index (χ2v) is 6.10. The topological polar surface area (TPSA) is 85.2 Å².